The van der Waals surface area contributed by atoms with Gasteiger partial charge in [0.2, 0.25) is 0 Å². The summed E-state index contributed by atoms with van der Waals surface area (Å²) in [6.07, 6.45) is 10.4. The minimum absolute atomic E-state index is 0.152. The molecule has 2 N–H and O–H groups in total. The third kappa shape index (κ3) is 6.67. The molecule has 0 saturated heterocycles. The maximum atomic E-state index is 13.7. The summed E-state index contributed by atoms with van der Waals surface area (Å²) in [6.45, 7) is 8.50. The van der Waals surface area contributed by atoms with Crippen LogP contribution in [0.15, 0.2) is 94.9 Å². The Morgan fingerprint density at radius 3 is 2.36 bits per heavy atom. The summed E-state index contributed by atoms with van der Waals surface area (Å²) in [4.78, 5) is 4.90. The van der Waals surface area contributed by atoms with Crippen molar-refractivity contribution in [2.75, 3.05) is 5.32 Å². The van der Waals surface area contributed by atoms with Crippen LogP contribution in [0.4, 0.5) is 10.1 Å². The first-order chi connectivity index (χ1) is 16.0. The highest BCUT2D eigenvalue weighted by molar-refractivity contribution is 6.05. The summed E-state index contributed by atoms with van der Waals surface area (Å²) in [5.41, 5.74) is 4.97. The Labute approximate surface area is 198 Å². The lowest BCUT2D eigenvalue weighted by Crippen LogP contribution is -2.30. The first-order valence-corrected chi connectivity index (χ1v) is 12.0. The van der Waals surface area contributed by atoms with Gasteiger partial charge in [0, 0.05) is 22.9 Å². The van der Waals surface area contributed by atoms with Gasteiger partial charge < -0.3 is 10.6 Å². The Morgan fingerprint density at radius 2 is 1.67 bits per heavy atom. The van der Waals surface area contributed by atoms with Gasteiger partial charge in [-0.05, 0) is 42.3 Å². The van der Waals surface area contributed by atoms with E-state index < -0.39 is 0 Å². The van der Waals surface area contributed by atoms with Crippen LogP contribution in [0.25, 0.3) is 0 Å². The van der Waals surface area contributed by atoms with Crippen LogP contribution in [-0.2, 0) is 0 Å². The van der Waals surface area contributed by atoms with Gasteiger partial charge in [0.05, 0.1) is 0 Å². The topological polar surface area (TPSA) is 36.4 Å². The van der Waals surface area contributed by atoms with E-state index in [0.29, 0.717) is 0 Å². The lowest BCUT2D eigenvalue weighted by molar-refractivity contribution is 0.651. The van der Waals surface area contributed by atoms with Gasteiger partial charge in [-0.3, -0.25) is 0 Å². The molecule has 1 aliphatic carbocycles. The number of amidine groups is 1. The number of para-hydroxylation sites is 1. The lowest BCUT2D eigenvalue weighted by atomic mass is 9.94. The third-order valence-electron chi connectivity index (χ3n) is 5.87. The Morgan fingerprint density at radius 1 is 1.00 bits per heavy atom. The number of fused-ring (bicyclic) bond motifs is 1. The Balaban J connectivity index is 0.000000454. The summed E-state index contributed by atoms with van der Waals surface area (Å²) in [5, 5.41) is 6.93. The zero-order chi connectivity index (χ0) is 23.6. The highest BCUT2D eigenvalue weighted by Crippen LogP contribution is 2.30. The van der Waals surface area contributed by atoms with Gasteiger partial charge in [-0.25, -0.2) is 9.38 Å². The molecule has 0 amide bonds. The van der Waals surface area contributed by atoms with Crippen molar-refractivity contribution in [2.24, 2.45) is 10.9 Å². The molecule has 0 bridgehead atoms. The third-order valence-corrected chi connectivity index (χ3v) is 5.87. The standard InChI is InChI=1S/C23H22FN3.C6H14/c1-15-12-13-18(24)14-20(15)16(2)25-23-19-10-6-7-11-21(19)26-22(27-23)17-8-4-3-5-9-17;1-3-5-6-4-2/h3-15,22,26H,1-2H3,(H,25,27);3-6H2,1-2H3/b20-16+;. The van der Waals surface area contributed by atoms with E-state index in [1.165, 1.54) is 31.8 Å². The van der Waals surface area contributed by atoms with Crippen LogP contribution in [0.1, 0.15) is 70.7 Å². The number of unbranched alkanes of at least 4 members (excludes halogenated alkanes) is 3. The average Bonchev–Trinajstić information content (AvgIpc) is 2.85. The van der Waals surface area contributed by atoms with Gasteiger partial charge in [-0.2, -0.15) is 0 Å². The number of hydrogen-bond donors (Lipinski definition) is 2. The van der Waals surface area contributed by atoms with E-state index in [-0.39, 0.29) is 17.9 Å². The van der Waals surface area contributed by atoms with E-state index in [2.05, 4.69) is 49.6 Å². The monoisotopic (exact) mass is 445 g/mol. The normalized spacial score (nSPS) is 20.4. The van der Waals surface area contributed by atoms with Crippen LogP contribution in [0, 0.1) is 5.92 Å². The first-order valence-electron chi connectivity index (χ1n) is 12.0. The maximum absolute atomic E-state index is 13.7. The number of allylic oxidation sites excluding steroid dienone is 6. The molecule has 3 nitrogen and oxygen atoms in total. The molecular formula is C29H36FN3. The number of anilines is 1. The number of aliphatic imine (C=N–C) groups is 1. The summed E-state index contributed by atoms with van der Waals surface area (Å²) in [7, 11) is 0. The van der Waals surface area contributed by atoms with Crippen molar-refractivity contribution >= 4 is 11.5 Å². The van der Waals surface area contributed by atoms with Gasteiger partial charge in [0.25, 0.3) is 0 Å². The van der Waals surface area contributed by atoms with E-state index in [1.54, 1.807) is 6.08 Å². The molecule has 2 aliphatic rings. The summed E-state index contributed by atoms with van der Waals surface area (Å²) in [5.74, 6) is 0.720. The van der Waals surface area contributed by atoms with Crippen LogP contribution in [0.3, 0.4) is 0 Å². The second-order valence-electron chi connectivity index (χ2n) is 8.57. The van der Waals surface area contributed by atoms with Gasteiger partial charge in [-0.1, -0.05) is 95.0 Å². The second-order valence-corrected chi connectivity index (χ2v) is 8.57. The number of rotatable bonds is 5. The van der Waals surface area contributed by atoms with Crippen molar-refractivity contribution in [3.05, 3.63) is 101 Å². The van der Waals surface area contributed by atoms with Crippen LogP contribution in [0.2, 0.25) is 0 Å². The van der Waals surface area contributed by atoms with Crippen LogP contribution in [-0.4, -0.2) is 5.84 Å². The number of nitrogens with zero attached hydrogens (tertiary/aromatic N) is 1. The molecule has 0 saturated carbocycles. The van der Waals surface area contributed by atoms with Crippen molar-refractivity contribution < 1.29 is 4.39 Å². The molecule has 2 atom stereocenters. The van der Waals surface area contributed by atoms with Crippen molar-refractivity contribution in [1.82, 2.24) is 5.32 Å². The predicted octanol–water partition coefficient (Wildman–Crippen LogP) is 8.07. The fraction of sp³-hybridized carbons (Fsp3) is 0.345. The summed E-state index contributed by atoms with van der Waals surface area (Å²) >= 11 is 0. The van der Waals surface area contributed by atoms with E-state index in [4.69, 9.17) is 4.99 Å². The molecule has 174 valence electrons. The van der Waals surface area contributed by atoms with Crippen molar-refractivity contribution in [2.45, 2.75) is 59.5 Å². The van der Waals surface area contributed by atoms with Crippen molar-refractivity contribution in [3.63, 3.8) is 0 Å². The van der Waals surface area contributed by atoms with E-state index in [9.17, 15) is 4.39 Å². The maximum Gasteiger partial charge on any atom is 0.147 e. The smallest absolute Gasteiger partial charge is 0.147 e. The zero-order valence-electron chi connectivity index (χ0n) is 20.2. The number of nitrogens with one attached hydrogen (secondary N) is 2. The molecule has 0 aromatic heterocycles. The van der Waals surface area contributed by atoms with Crippen LogP contribution < -0.4 is 10.6 Å². The van der Waals surface area contributed by atoms with Crippen LogP contribution in [0.5, 0.6) is 0 Å². The molecule has 0 spiro atoms. The molecule has 1 aliphatic heterocycles. The Bertz CT molecular complexity index is 1030. The fourth-order valence-electron chi connectivity index (χ4n) is 3.95. The zero-order valence-corrected chi connectivity index (χ0v) is 20.2. The SMILES string of the molecule is C/C(NC1=NC(c2ccccc2)Nc2ccccc21)=C1/C=C(F)C=CC1C.CCCCCC. The van der Waals surface area contributed by atoms with Crippen molar-refractivity contribution in [3.8, 4) is 0 Å². The minimum Gasteiger partial charge on any atom is -0.359 e. The quantitative estimate of drug-likeness (QED) is 0.457. The molecule has 2 aromatic rings. The minimum atomic E-state index is -0.223. The molecule has 2 aromatic carbocycles. The number of hydrogen-bond acceptors (Lipinski definition) is 3. The lowest BCUT2D eigenvalue weighted by Gasteiger charge is -2.27. The average molecular weight is 446 g/mol. The highest BCUT2D eigenvalue weighted by atomic mass is 19.1. The molecule has 33 heavy (non-hydrogen) atoms. The van der Waals surface area contributed by atoms with Crippen molar-refractivity contribution in [1.29, 1.82) is 0 Å². The van der Waals surface area contributed by atoms with Gasteiger partial charge in [-0.15, -0.1) is 0 Å². The van der Waals surface area contributed by atoms with E-state index in [1.807, 2.05) is 49.4 Å². The largest absolute Gasteiger partial charge is 0.359 e. The van der Waals surface area contributed by atoms with E-state index >= 15 is 0 Å². The number of halogens is 1. The number of benzene rings is 2. The first kappa shape index (κ1) is 24.5. The van der Waals surface area contributed by atoms with Gasteiger partial charge >= 0.3 is 0 Å². The highest BCUT2D eigenvalue weighted by Gasteiger charge is 2.22. The predicted molar refractivity (Wildman–Crippen MR) is 139 cm³/mol. The molecule has 0 fully saturated rings. The Hall–Kier alpha value is -3.14. The Kier molecular flexibility index (Phi) is 9.05. The molecule has 1 heterocycles. The van der Waals surface area contributed by atoms with E-state index in [0.717, 1.165) is 33.9 Å². The van der Waals surface area contributed by atoms with Gasteiger partial charge in [0.1, 0.15) is 17.8 Å². The van der Waals surface area contributed by atoms with Crippen LogP contribution >= 0.6 is 0 Å². The molecule has 4 heteroatoms. The summed E-state index contributed by atoms with van der Waals surface area (Å²) in [6, 6.07) is 18.2. The van der Waals surface area contributed by atoms with Gasteiger partial charge in [0.15, 0.2) is 0 Å². The molecule has 0 radical (unpaired) electrons. The second kappa shape index (κ2) is 12.2. The summed E-state index contributed by atoms with van der Waals surface area (Å²) < 4.78 is 13.7. The fourth-order valence-corrected chi connectivity index (χ4v) is 3.95. The molecular weight excluding hydrogens is 409 g/mol. The molecule has 2 unspecified atom stereocenters. The molecule has 4 rings (SSSR count).